The molecule has 1 atom stereocenters. The molecule has 2 rings (SSSR count). The molecular formula is C15H19NOS. The molecular weight excluding hydrogens is 242 g/mol. The van der Waals surface area contributed by atoms with Crippen molar-refractivity contribution in [3.05, 3.63) is 51.2 Å². The zero-order valence-corrected chi connectivity index (χ0v) is 12.1. The van der Waals surface area contributed by atoms with E-state index in [1.807, 2.05) is 30.5 Å². The maximum absolute atomic E-state index is 5.29. The molecule has 3 heteroatoms. The molecule has 2 nitrogen and oxygen atoms in total. The molecule has 1 unspecified atom stereocenters. The number of benzene rings is 1. The van der Waals surface area contributed by atoms with E-state index in [4.69, 9.17) is 4.74 Å². The summed E-state index contributed by atoms with van der Waals surface area (Å²) in [6.07, 6.45) is 0. The van der Waals surface area contributed by atoms with Crippen molar-refractivity contribution >= 4 is 11.3 Å². The molecule has 0 aliphatic rings. The van der Waals surface area contributed by atoms with Gasteiger partial charge in [0.15, 0.2) is 0 Å². The molecule has 0 amide bonds. The topological polar surface area (TPSA) is 21.3 Å². The van der Waals surface area contributed by atoms with Gasteiger partial charge in [0, 0.05) is 9.75 Å². The van der Waals surface area contributed by atoms with Crippen LogP contribution in [0.25, 0.3) is 0 Å². The quantitative estimate of drug-likeness (QED) is 0.906. The number of aryl methyl sites for hydroxylation is 2. The van der Waals surface area contributed by atoms with Crippen molar-refractivity contribution < 1.29 is 4.74 Å². The predicted octanol–water partition coefficient (Wildman–Crippen LogP) is 3.68. The van der Waals surface area contributed by atoms with Gasteiger partial charge in [-0.25, -0.2) is 0 Å². The van der Waals surface area contributed by atoms with Gasteiger partial charge in [0.1, 0.15) is 5.75 Å². The largest absolute Gasteiger partial charge is 0.497 e. The molecule has 0 saturated heterocycles. The lowest BCUT2D eigenvalue weighted by atomic mass is 10.0. The third kappa shape index (κ3) is 2.57. The Bertz CT molecular complexity index is 514. The Hall–Kier alpha value is -1.32. The summed E-state index contributed by atoms with van der Waals surface area (Å²) < 4.78 is 5.29. The highest BCUT2D eigenvalue weighted by Crippen LogP contribution is 2.31. The van der Waals surface area contributed by atoms with Crippen molar-refractivity contribution in [3.8, 4) is 5.75 Å². The maximum Gasteiger partial charge on any atom is 0.119 e. The van der Waals surface area contributed by atoms with E-state index in [9.17, 15) is 0 Å². The lowest BCUT2D eigenvalue weighted by Gasteiger charge is -2.15. The van der Waals surface area contributed by atoms with Gasteiger partial charge in [0.2, 0.25) is 0 Å². The first-order valence-corrected chi connectivity index (χ1v) is 6.85. The Kier molecular flexibility index (Phi) is 4.04. The normalized spacial score (nSPS) is 12.4. The number of nitrogens with one attached hydrogen (secondary N) is 1. The first-order chi connectivity index (χ1) is 8.65. The van der Waals surface area contributed by atoms with Crippen LogP contribution in [0, 0.1) is 13.8 Å². The third-order valence-corrected chi connectivity index (χ3v) is 4.40. The van der Waals surface area contributed by atoms with Gasteiger partial charge in [-0.3, -0.25) is 0 Å². The van der Waals surface area contributed by atoms with Gasteiger partial charge in [0.05, 0.1) is 13.2 Å². The van der Waals surface area contributed by atoms with E-state index in [0.717, 1.165) is 5.75 Å². The highest BCUT2D eigenvalue weighted by molar-refractivity contribution is 7.12. The van der Waals surface area contributed by atoms with Crippen LogP contribution in [-0.2, 0) is 0 Å². The van der Waals surface area contributed by atoms with E-state index >= 15 is 0 Å². The molecule has 0 bridgehead atoms. The Balaban J connectivity index is 2.38. The standard InChI is InChI=1S/C15H19NOS/c1-10-8-14(18-11(10)2)15(16-3)12-6-5-7-13(9-12)17-4/h5-9,15-16H,1-4H3. The van der Waals surface area contributed by atoms with Gasteiger partial charge >= 0.3 is 0 Å². The minimum atomic E-state index is 0.234. The Morgan fingerprint density at radius 3 is 2.56 bits per heavy atom. The van der Waals surface area contributed by atoms with Crippen LogP contribution in [0.1, 0.15) is 26.9 Å². The van der Waals surface area contributed by atoms with E-state index < -0.39 is 0 Å². The van der Waals surface area contributed by atoms with Crippen LogP contribution >= 0.6 is 11.3 Å². The van der Waals surface area contributed by atoms with Crippen LogP contribution in [0.2, 0.25) is 0 Å². The molecule has 18 heavy (non-hydrogen) atoms. The van der Waals surface area contributed by atoms with Crippen molar-refractivity contribution in [2.45, 2.75) is 19.9 Å². The number of rotatable bonds is 4. The van der Waals surface area contributed by atoms with Gasteiger partial charge in [-0.05, 0) is 50.2 Å². The van der Waals surface area contributed by atoms with Crippen LogP contribution in [0.4, 0.5) is 0 Å². The average Bonchev–Trinajstić information content (AvgIpc) is 2.70. The summed E-state index contributed by atoms with van der Waals surface area (Å²) in [6, 6.07) is 10.7. The molecule has 0 fully saturated rings. The molecule has 1 aromatic carbocycles. The fraction of sp³-hybridized carbons (Fsp3) is 0.333. The van der Waals surface area contributed by atoms with E-state index in [1.165, 1.54) is 20.9 Å². The average molecular weight is 261 g/mol. The molecule has 0 radical (unpaired) electrons. The molecule has 0 saturated carbocycles. The first kappa shape index (κ1) is 13.1. The van der Waals surface area contributed by atoms with E-state index in [0.29, 0.717) is 0 Å². The Morgan fingerprint density at radius 2 is 2.00 bits per heavy atom. The number of hydrogen-bond donors (Lipinski definition) is 1. The second-order valence-electron chi connectivity index (χ2n) is 4.39. The van der Waals surface area contributed by atoms with Crippen molar-refractivity contribution in [1.29, 1.82) is 0 Å². The summed E-state index contributed by atoms with van der Waals surface area (Å²) in [7, 11) is 3.70. The summed E-state index contributed by atoms with van der Waals surface area (Å²) >= 11 is 1.85. The Morgan fingerprint density at radius 1 is 1.22 bits per heavy atom. The number of ether oxygens (including phenoxy) is 1. The van der Waals surface area contributed by atoms with Crippen molar-refractivity contribution in [2.75, 3.05) is 14.2 Å². The summed E-state index contributed by atoms with van der Waals surface area (Å²) in [4.78, 5) is 2.73. The van der Waals surface area contributed by atoms with E-state index in [-0.39, 0.29) is 6.04 Å². The maximum atomic E-state index is 5.29. The minimum absolute atomic E-state index is 0.234. The summed E-state index contributed by atoms with van der Waals surface area (Å²) in [5.74, 6) is 0.901. The molecule has 1 N–H and O–H groups in total. The molecule has 0 aliphatic carbocycles. The molecule has 0 spiro atoms. The van der Waals surface area contributed by atoms with E-state index in [1.54, 1.807) is 7.11 Å². The van der Waals surface area contributed by atoms with Gasteiger partial charge in [-0.15, -0.1) is 11.3 Å². The van der Waals surface area contributed by atoms with Crippen molar-refractivity contribution in [1.82, 2.24) is 5.32 Å². The highest BCUT2D eigenvalue weighted by atomic mass is 32.1. The monoisotopic (exact) mass is 261 g/mol. The van der Waals surface area contributed by atoms with Crippen LogP contribution in [-0.4, -0.2) is 14.2 Å². The van der Waals surface area contributed by atoms with Crippen molar-refractivity contribution in [3.63, 3.8) is 0 Å². The van der Waals surface area contributed by atoms with Gasteiger partial charge in [-0.2, -0.15) is 0 Å². The predicted molar refractivity (Wildman–Crippen MR) is 77.7 cm³/mol. The lowest BCUT2D eigenvalue weighted by molar-refractivity contribution is 0.414. The van der Waals surface area contributed by atoms with Crippen LogP contribution in [0.5, 0.6) is 5.75 Å². The Labute approximate surface area is 113 Å². The summed E-state index contributed by atoms with van der Waals surface area (Å²) in [6.45, 7) is 4.33. The molecule has 0 aliphatic heterocycles. The minimum Gasteiger partial charge on any atom is -0.497 e. The van der Waals surface area contributed by atoms with Crippen molar-refractivity contribution in [2.24, 2.45) is 0 Å². The van der Waals surface area contributed by atoms with Crippen LogP contribution < -0.4 is 10.1 Å². The van der Waals surface area contributed by atoms with Gasteiger partial charge < -0.3 is 10.1 Å². The van der Waals surface area contributed by atoms with Gasteiger partial charge in [0.25, 0.3) is 0 Å². The number of methoxy groups -OCH3 is 1. The molecule has 1 heterocycles. The number of hydrogen-bond acceptors (Lipinski definition) is 3. The first-order valence-electron chi connectivity index (χ1n) is 6.04. The zero-order chi connectivity index (χ0) is 13.1. The third-order valence-electron chi connectivity index (χ3n) is 3.19. The highest BCUT2D eigenvalue weighted by Gasteiger charge is 2.15. The SMILES string of the molecule is CNC(c1cccc(OC)c1)c1cc(C)c(C)s1. The second kappa shape index (κ2) is 5.55. The molecule has 1 aromatic heterocycles. The second-order valence-corrected chi connectivity index (χ2v) is 5.67. The van der Waals surface area contributed by atoms with E-state index in [2.05, 4.69) is 37.4 Å². The summed E-state index contributed by atoms with van der Waals surface area (Å²) in [5, 5.41) is 3.38. The number of thiophene rings is 1. The van der Waals surface area contributed by atoms with Crippen LogP contribution in [0.3, 0.4) is 0 Å². The fourth-order valence-corrected chi connectivity index (χ4v) is 3.22. The summed E-state index contributed by atoms with van der Waals surface area (Å²) in [5.41, 5.74) is 2.59. The molecule has 96 valence electrons. The van der Waals surface area contributed by atoms with Crippen LogP contribution in [0.15, 0.2) is 30.3 Å². The lowest BCUT2D eigenvalue weighted by Crippen LogP contribution is -2.16. The fourth-order valence-electron chi connectivity index (χ4n) is 2.04. The molecule has 2 aromatic rings. The van der Waals surface area contributed by atoms with Gasteiger partial charge in [-0.1, -0.05) is 12.1 Å². The smallest absolute Gasteiger partial charge is 0.119 e. The zero-order valence-electron chi connectivity index (χ0n) is 11.3.